The van der Waals surface area contributed by atoms with Crippen molar-refractivity contribution in [1.82, 2.24) is 4.90 Å². The van der Waals surface area contributed by atoms with Crippen molar-refractivity contribution in [2.24, 2.45) is 5.73 Å². The summed E-state index contributed by atoms with van der Waals surface area (Å²) < 4.78 is 0. The summed E-state index contributed by atoms with van der Waals surface area (Å²) >= 11 is 0. The molecule has 1 aliphatic heterocycles. The first-order valence-corrected chi connectivity index (χ1v) is 6.22. The number of likely N-dealkylation sites (tertiary alicyclic amines) is 1. The van der Waals surface area contributed by atoms with Gasteiger partial charge in [-0.1, -0.05) is 19.1 Å². The van der Waals surface area contributed by atoms with Gasteiger partial charge < -0.3 is 10.6 Å². The quantitative estimate of drug-likeness (QED) is 0.876. The SMILES string of the molecule is CCCN1C(=O)CC(N)C1c1cccc(C#N)c1. The number of nitrogens with zero attached hydrogens (tertiary/aromatic N) is 2. The molecule has 1 amide bonds. The molecule has 1 aromatic carbocycles. The van der Waals surface area contributed by atoms with E-state index in [4.69, 9.17) is 11.0 Å². The van der Waals surface area contributed by atoms with Crippen molar-refractivity contribution in [3.8, 4) is 6.07 Å². The third-order valence-corrected chi connectivity index (χ3v) is 3.29. The summed E-state index contributed by atoms with van der Waals surface area (Å²) in [6.45, 7) is 2.76. The van der Waals surface area contributed by atoms with Crippen LogP contribution in [0.2, 0.25) is 0 Å². The predicted octanol–water partition coefficient (Wildman–Crippen LogP) is 1.57. The Labute approximate surface area is 107 Å². The van der Waals surface area contributed by atoms with Crippen molar-refractivity contribution in [2.75, 3.05) is 6.54 Å². The normalized spacial score (nSPS) is 23.2. The number of nitriles is 1. The lowest BCUT2D eigenvalue weighted by molar-refractivity contribution is -0.129. The molecule has 2 atom stereocenters. The maximum atomic E-state index is 11.9. The van der Waals surface area contributed by atoms with Crippen LogP contribution >= 0.6 is 0 Å². The van der Waals surface area contributed by atoms with Crippen molar-refractivity contribution in [1.29, 1.82) is 5.26 Å². The van der Waals surface area contributed by atoms with E-state index in [0.717, 1.165) is 12.0 Å². The lowest BCUT2D eigenvalue weighted by Gasteiger charge is -2.27. The van der Waals surface area contributed by atoms with E-state index >= 15 is 0 Å². The average molecular weight is 243 g/mol. The highest BCUT2D eigenvalue weighted by molar-refractivity contribution is 5.80. The molecule has 1 heterocycles. The molecule has 0 aromatic heterocycles. The summed E-state index contributed by atoms with van der Waals surface area (Å²) in [5.74, 6) is 0.108. The third kappa shape index (κ3) is 2.22. The number of hydrogen-bond acceptors (Lipinski definition) is 3. The van der Waals surface area contributed by atoms with Gasteiger partial charge >= 0.3 is 0 Å². The smallest absolute Gasteiger partial charge is 0.224 e. The summed E-state index contributed by atoms with van der Waals surface area (Å²) in [6.07, 6.45) is 1.30. The number of carbonyl (C=O) groups is 1. The molecule has 0 aliphatic carbocycles. The van der Waals surface area contributed by atoms with Crippen LogP contribution < -0.4 is 5.73 Å². The van der Waals surface area contributed by atoms with Gasteiger partial charge in [-0.15, -0.1) is 0 Å². The van der Waals surface area contributed by atoms with Crippen molar-refractivity contribution in [3.63, 3.8) is 0 Å². The van der Waals surface area contributed by atoms with Crippen LogP contribution in [0.1, 0.15) is 36.9 Å². The molecule has 2 rings (SSSR count). The summed E-state index contributed by atoms with van der Waals surface area (Å²) in [7, 11) is 0. The van der Waals surface area contributed by atoms with Crippen LogP contribution in [-0.4, -0.2) is 23.4 Å². The zero-order chi connectivity index (χ0) is 13.1. The standard InChI is InChI=1S/C14H17N3O/c1-2-6-17-13(18)8-12(16)14(17)11-5-3-4-10(7-11)9-15/h3-5,7,12,14H,2,6,8,16H2,1H3. The van der Waals surface area contributed by atoms with Crippen LogP contribution in [0.4, 0.5) is 0 Å². The Balaban J connectivity index is 2.34. The van der Waals surface area contributed by atoms with E-state index < -0.39 is 0 Å². The van der Waals surface area contributed by atoms with Crippen molar-refractivity contribution in [2.45, 2.75) is 31.8 Å². The van der Waals surface area contributed by atoms with Crippen LogP contribution in [0.15, 0.2) is 24.3 Å². The van der Waals surface area contributed by atoms with Crippen molar-refractivity contribution < 1.29 is 4.79 Å². The minimum absolute atomic E-state index is 0.0919. The molecule has 1 aromatic rings. The van der Waals surface area contributed by atoms with Crippen LogP contribution in [0.5, 0.6) is 0 Å². The Morgan fingerprint density at radius 2 is 2.33 bits per heavy atom. The van der Waals surface area contributed by atoms with Gasteiger partial charge in [-0.3, -0.25) is 4.79 Å². The Morgan fingerprint density at radius 1 is 1.56 bits per heavy atom. The van der Waals surface area contributed by atoms with Crippen molar-refractivity contribution >= 4 is 5.91 Å². The summed E-state index contributed by atoms with van der Waals surface area (Å²) in [5.41, 5.74) is 7.63. The number of amides is 1. The van der Waals surface area contributed by atoms with Gasteiger partial charge in [0.05, 0.1) is 17.7 Å². The second kappa shape index (κ2) is 5.19. The summed E-state index contributed by atoms with van der Waals surface area (Å²) in [4.78, 5) is 13.7. The number of rotatable bonds is 3. The highest BCUT2D eigenvalue weighted by Crippen LogP contribution is 2.32. The van der Waals surface area contributed by atoms with E-state index in [0.29, 0.717) is 18.5 Å². The fraction of sp³-hybridized carbons (Fsp3) is 0.429. The van der Waals surface area contributed by atoms with Gasteiger partial charge in [-0.25, -0.2) is 0 Å². The van der Waals surface area contributed by atoms with Crippen molar-refractivity contribution in [3.05, 3.63) is 35.4 Å². The van der Waals surface area contributed by atoms with Gasteiger partial charge in [0.25, 0.3) is 0 Å². The second-order valence-corrected chi connectivity index (χ2v) is 4.64. The maximum absolute atomic E-state index is 11.9. The van der Waals surface area contributed by atoms with E-state index in [1.165, 1.54) is 0 Å². The fourth-order valence-corrected chi connectivity index (χ4v) is 2.54. The van der Waals surface area contributed by atoms with Gasteiger partial charge in [-0.05, 0) is 24.1 Å². The molecular weight excluding hydrogens is 226 g/mol. The number of carbonyl (C=O) groups excluding carboxylic acids is 1. The molecule has 4 nitrogen and oxygen atoms in total. The highest BCUT2D eigenvalue weighted by atomic mass is 16.2. The number of hydrogen-bond donors (Lipinski definition) is 1. The Morgan fingerprint density at radius 3 is 3.00 bits per heavy atom. The molecule has 94 valence electrons. The molecule has 2 unspecified atom stereocenters. The van der Waals surface area contributed by atoms with E-state index in [2.05, 4.69) is 6.07 Å². The first-order valence-electron chi connectivity index (χ1n) is 6.22. The Kier molecular flexibility index (Phi) is 3.63. The van der Waals surface area contributed by atoms with Crippen LogP contribution in [0.3, 0.4) is 0 Å². The summed E-state index contributed by atoms with van der Waals surface area (Å²) in [6, 6.07) is 9.21. The minimum Gasteiger partial charge on any atom is -0.334 e. The predicted molar refractivity (Wildman–Crippen MR) is 68.5 cm³/mol. The molecule has 0 radical (unpaired) electrons. The van der Waals surface area contributed by atoms with Crippen LogP contribution in [0.25, 0.3) is 0 Å². The lowest BCUT2D eigenvalue weighted by atomic mass is 9.99. The molecule has 1 saturated heterocycles. The first kappa shape index (κ1) is 12.6. The van der Waals surface area contributed by atoms with E-state index in [9.17, 15) is 4.79 Å². The number of nitrogens with two attached hydrogens (primary N) is 1. The molecule has 2 N–H and O–H groups in total. The van der Waals surface area contributed by atoms with Crippen LogP contribution in [0, 0.1) is 11.3 Å². The summed E-state index contributed by atoms with van der Waals surface area (Å²) in [5, 5.41) is 8.93. The highest BCUT2D eigenvalue weighted by Gasteiger charge is 2.37. The molecule has 18 heavy (non-hydrogen) atoms. The molecule has 0 spiro atoms. The van der Waals surface area contributed by atoms with E-state index in [1.807, 2.05) is 30.0 Å². The second-order valence-electron chi connectivity index (χ2n) is 4.64. The Bertz CT molecular complexity index is 492. The Hall–Kier alpha value is -1.86. The zero-order valence-corrected chi connectivity index (χ0v) is 10.5. The third-order valence-electron chi connectivity index (χ3n) is 3.29. The van der Waals surface area contributed by atoms with Gasteiger partial charge in [0.2, 0.25) is 5.91 Å². The largest absolute Gasteiger partial charge is 0.334 e. The van der Waals surface area contributed by atoms with E-state index in [1.54, 1.807) is 6.07 Å². The van der Waals surface area contributed by atoms with Crippen LogP contribution in [-0.2, 0) is 4.79 Å². The maximum Gasteiger partial charge on any atom is 0.224 e. The molecular formula is C14H17N3O. The number of benzene rings is 1. The monoisotopic (exact) mass is 243 g/mol. The van der Waals surface area contributed by atoms with Gasteiger partial charge in [0.1, 0.15) is 0 Å². The van der Waals surface area contributed by atoms with Gasteiger partial charge in [0.15, 0.2) is 0 Å². The topological polar surface area (TPSA) is 70.1 Å². The van der Waals surface area contributed by atoms with Gasteiger partial charge in [-0.2, -0.15) is 5.26 Å². The molecule has 1 aliphatic rings. The zero-order valence-electron chi connectivity index (χ0n) is 10.5. The molecule has 0 bridgehead atoms. The molecule has 1 fully saturated rings. The van der Waals surface area contributed by atoms with Gasteiger partial charge in [0, 0.05) is 19.0 Å². The minimum atomic E-state index is -0.182. The molecule has 0 saturated carbocycles. The molecule has 4 heteroatoms. The first-order chi connectivity index (χ1) is 8.67. The van der Waals surface area contributed by atoms with E-state index in [-0.39, 0.29) is 18.0 Å². The average Bonchev–Trinajstić information content (AvgIpc) is 2.65. The fourth-order valence-electron chi connectivity index (χ4n) is 2.54. The lowest BCUT2D eigenvalue weighted by Crippen LogP contribution is -2.33.